The summed E-state index contributed by atoms with van der Waals surface area (Å²) in [6.45, 7) is 2.63. The minimum absolute atomic E-state index is 0.189. The lowest BCUT2D eigenvalue weighted by atomic mass is 10.0. The summed E-state index contributed by atoms with van der Waals surface area (Å²) in [5.74, 6) is 0.682. The van der Waals surface area contributed by atoms with Crippen LogP contribution in [0.3, 0.4) is 0 Å². The number of unbranched alkanes of at least 4 members (excludes halogenated alkanes) is 1. The number of carbonyl (C=O) groups excluding carboxylic acids is 2. The SMILES string of the molecule is CCCCNC(=O)C(Cc1ccccc1)N(Cc1cccc(OC)c1)C(=O)COc1cccc(Cl)c1. The van der Waals surface area contributed by atoms with Crippen molar-refractivity contribution in [2.24, 2.45) is 0 Å². The third-order valence-corrected chi connectivity index (χ3v) is 5.98. The van der Waals surface area contributed by atoms with Crippen LogP contribution >= 0.6 is 11.6 Å². The summed E-state index contributed by atoms with van der Waals surface area (Å²) in [7, 11) is 1.60. The van der Waals surface area contributed by atoms with Crippen LogP contribution in [0, 0.1) is 0 Å². The van der Waals surface area contributed by atoms with Crippen LogP contribution in [0.2, 0.25) is 5.02 Å². The minimum Gasteiger partial charge on any atom is -0.497 e. The van der Waals surface area contributed by atoms with Gasteiger partial charge in [-0.3, -0.25) is 9.59 Å². The Hall–Kier alpha value is -3.51. The highest BCUT2D eigenvalue weighted by Gasteiger charge is 2.30. The summed E-state index contributed by atoms with van der Waals surface area (Å²) in [4.78, 5) is 28.6. The molecule has 3 rings (SSSR count). The van der Waals surface area contributed by atoms with Crippen LogP contribution in [0.1, 0.15) is 30.9 Å². The van der Waals surface area contributed by atoms with Crippen LogP contribution in [-0.2, 0) is 22.6 Å². The number of methoxy groups -OCH3 is 1. The maximum absolute atomic E-state index is 13.6. The second kappa shape index (κ2) is 14.1. The van der Waals surface area contributed by atoms with Gasteiger partial charge in [-0.15, -0.1) is 0 Å². The molecule has 1 atom stereocenters. The highest BCUT2D eigenvalue weighted by Crippen LogP contribution is 2.20. The standard InChI is InChI=1S/C29H33ClN2O4/c1-3-4-16-31-29(34)27(18-22-10-6-5-7-11-22)32(20-23-12-8-14-25(17-23)35-2)28(33)21-36-26-15-9-13-24(30)19-26/h5-15,17,19,27H,3-4,16,18,20-21H2,1-2H3,(H,31,34). The predicted octanol–water partition coefficient (Wildman–Crippen LogP) is 5.28. The number of halogens is 1. The molecule has 0 fully saturated rings. The van der Waals surface area contributed by atoms with E-state index in [1.807, 2.05) is 54.6 Å². The number of benzene rings is 3. The summed E-state index contributed by atoms with van der Waals surface area (Å²) in [6.07, 6.45) is 2.21. The first-order valence-electron chi connectivity index (χ1n) is 12.1. The summed E-state index contributed by atoms with van der Waals surface area (Å²) in [5, 5.41) is 3.53. The molecule has 0 bridgehead atoms. The molecule has 0 heterocycles. The van der Waals surface area contributed by atoms with Gasteiger partial charge in [-0.05, 0) is 47.9 Å². The predicted molar refractivity (Wildman–Crippen MR) is 142 cm³/mol. The Kier molecular flexibility index (Phi) is 10.6. The first-order chi connectivity index (χ1) is 17.5. The van der Waals surface area contributed by atoms with E-state index >= 15 is 0 Å². The molecule has 2 amide bonds. The van der Waals surface area contributed by atoms with E-state index in [2.05, 4.69) is 12.2 Å². The topological polar surface area (TPSA) is 67.9 Å². The number of nitrogens with zero attached hydrogens (tertiary/aromatic N) is 1. The Bertz CT molecular complexity index is 1120. The van der Waals surface area contributed by atoms with E-state index in [-0.39, 0.29) is 25.0 Å². The van der Waals surface area contributed by atoms with Gasteiger partial charge >= 0.3 is 0 Å². The zero-order valence-electron chi connectivity index (χ0n) is 20.8. The van der Waals surface area contributed by atoms with Crippen molar-refractivity contribution in [1.82, 2.24) is 10.2 Å². The highest BCUT2D eigenvalue weighted by molar-refractivity contribution is 6.30. The molecule has 3 aromatic carbocycles. The Morgan fingerprint density at radius 3 is 2.39 bits per heavy atom. The number of ether oxygens (including phenoxy) is 2. The van der Waals surface area contributed by atoms with Crippen LogP contribution < -0.4 is 14.8 Å². The van der Waals surface area contributed by atoms with Gasteiger partial charge in [0, 0.05) is 24.5 Å². The van der Waals surface area contributed by atoms with E-state index in [1.54, 1.807) is 36.3 Å². The van der Waals surface area contributed by atoms with Gasteiger partial charge in [-0.1, -0.05) is 73.5 Å². The van der Waals surface area contributed by atoms with E-state index < -0.39 is 6.04 Å². The summed E-state index contributed by atoms with van der Waals surface area (Å²) >= 11 is 6.06. The van der Waals surface area contributed by atoms with Gasteiger partial charge < -0.3 is 19.7 Å². The molecule has 3 aromatic rings. The number of hydrogen-bond acceptors (Lipinski definition) is 4. The maximum Gasteiger partial charge on any atom is 0.261 e. The number of rotatable bonds is 13. The second-order valence-electron chi connectivity index (χ2n) is 8.47. The van der Waals surface area contributed by atoms with Crippen LogP contribution in [0.4, 0.5) is 0 Å². The van der Waals surface area contributed by atoms with Gasteiger partial charge in [0.15, 0.2) is 6.61 Å². The fraction of sp³-hybridized carbons (Fsp3) is 0.310. The molecular formula is C29H33ClN2O4. The highest BCUT2D eigenvalue weighted by atomic mass is 35.5. The van der Waals surface area contributed by atoms with Crippen molar-refractivity contribution >= 4 is 23.4 Å². The maximum atomic E-state index is 13.6. The Morgan fingerprint density at radius 2 is 1.67 bits per heavy atom. The minimum atomic E-state index is -0.717. The summed E-state index contributed by atoms with van der Waals surface area (Å²) in [6, 6.07) is 23.4. The molecule has 0 saturated heterocycles. The van der Waals surface area contributed by atoms with Gasteiger partial charge in [0.2, 0.25) is 5.91 Å². The molecule has 0 aliphatic carbocycles. The Morgan fingerprint density at radius 1 is 0.944 bits per heavy atom. The average Bonchev–Trinajstić information content (AvgIpc) is 2.90. The molecule has 0 aliphatic rings. The molecule has 6 nitrogen and oxygen atoms in total. The Labute approximate surface area is 218 Å². The zero-order valence-corrected chi connectivity index (χ0v) is 21.5. The molecule has 0 saturated carbocycles. The van der Waals surface area contributed by atoms with E-state index in [9.17, 15) is 9.59 Å². The lowest BCUT2D eigenvalue weighted by Gasteiger charge is -2.31. The summed E-state index contributed by atoms with van der Waals surface area (Å²) in [5.41, 5.74) is 1.82. The van der Waals surface area contributed by atoms with Gasteiger partial charge in [-0.25, -0.2) is 0 Å². The smallest absolute Gasteiger partial charge is 0.261 e. The number of carbonyl (C=O) groups is 2. The fourth-order valence-corrected chi connectivity index (χ4v) is 3.99. The van der Waals surface area contributed by atoms with Crippen LogP contribution in [0.5, 0.6) is 11.5 Å². The Balaban J connectivity index is 1.90. The molecule has 0 aliphatic heterocycles. The largest absolute Gasteiger partial charge is 0.497 e. The van der Waals surface area contributed by atoms with Crippen molar-refractivity contribution in [3.63, 3.8) is 0 Å². The van der Waals surface area contributed by atoms with Crippen molar-refractivity contribution in [3.05, 3.63) is 95.0 Å². The van der Waals surface area contributed by atoms with E-state index in [0.29, 0.717) is 29.5 Å². The van der Waals surface area contributed by atoms with Crippen molar-refractivity contribution in [2.45, 2.75) is 38.8 Å². The number of hydrogen-bond donors (Lipinski definition) is 1. The summed E-state index contributed by atoms with van der Waals surface area (Å²) < 4.78 is 11.1. The van der Waals surface area contributed by atoms with Crippen LogP contribution in [-0.4, -0.2) is 43.0 Å². The van der Waals surface area contributed by atoms with Crippen molar-refractivity contribution in [3.8, 4) is 11.5 Å². The van der Waals surface area contributed by atoms with E-state index in [4.69, 9.17) is 21.1 Å². The number of nitrogens with one attached hydrogen (secondary N) is 1. The fourth-order valence-electron chi connectivity index (χ4n) is 3.81. The molecule has 1 N–H and O–H groups in total. The molecule has 0 aromatic heterocycles. The molecule has 36 heavy (non-hydrogen) atoms. The molecular weight excluding hydrogens is 476 g/mol. The van der Waals surface area contributed by atoms with Crippen LogP contribution in [0.15, 0.2) is 78.9 Å². The van der Waals surface area contributed by atoms with Gasteiger partial charge in [0.05, 0.1) is 7.11 Å². The van der Waals surface area contributed by atoms with Crippen molar-refractivity contribution in [2.75, 3.05) is 20.3 Å². The monoisotopic (exact) mass is 508 g/mol. The molecule has 7 heteroatoms. The molecule has 0 spiro atoms. The molecule has 190 valence electrons. The van der Waals surface area contributed by atoms with Crippen LogP contribution in [0.25, 0.3) is 0 Å². The second-order valence-corrected chi connectivity index (χ2v) is 8.91. The third-order valence-electron chi connectivity index (χ3n) is 5.75. The van der Waals surface area contributed by atoms with Gasteiger partial charge in [0.1, 0.15) is 17.5 Å². The number of amides is 2. The first kappa shape index (κ1) is 27.1. The zero-order chi connectivity index (χ0) is 25.8. The normalized spacial score (nSPS) is 11.4. The first-order valence-corrected chi connectivity index (χ1v) is 12.5. The van der Waals surface area contributed by atoms with Gasteiger partial charge in [0.25, 0.3) is 5.91 Å². The van der Waals surface area contributed by atoms with Crippen molar-refractivity contribution in [1.29, 1.82) is 0 Å². The average molecular weight is 509 g/mol. The van der Waals surface area contributed by atoms with Crippen molar-refractivity contribution < 1.29 is 19.1 Å². The quantitative estimate of drug-likeness (QED) is 0.319. The van der Waals surface area contributed by atoms with Gasteiger partial charge in [-0.2, -0.15) is 0 Å². The van der Waals surface area contributed by atoms with E-state index in [0.717, 1.165) is 24.0 Å². The molecule has 1 unspecified atom stereocenters. The molecule has 0 radical (unpaired) electrons. The lowest BCUT2D eigenvalue weighted by Crippen LogP contribution is -2.51. The third kappa shape index (κ3) is 8.31. The van der Waals surface area contributed by atoms with E-state index in [1.165, 1.54) is 0 Å². The lowest BCUT2D eigenvalue weighted by molar-refractivity contribution is -0.142.